The van der Waals surface area contributed by atoms with Crippen LogP contribution in [0.25, 0.3) is 0 Å². The second kappa shape index (κ2) is 6.38. The van der Waals surface area contributed by atoms with Gasteiger partial charge in [-0.25, -0.2) is 4.79 Å². The number of rotatable bonds is 4. The van der Waals surface area contributed by atoms with Crippen LogP contribution in [0.5, 0.6) is 0 Å². The summed E-state index contributed by atoms with van der Waals surface area (Å²) in [5.74, 6) is -1.22. The van der Waals surface area contributed by atoms with Gasteiger partial charge in [-0.15, -0.1) is 0 Å². The third-order valence-corrected chi connectivity index (χ3v) is 4.23. The van der Waals surface area contributed by atoms with Gasteiger partial charge in [-0.3, -0.25) is 10.00 Å². The molecule has 23 heavy (non-hydrogen) atoms. The van der Waals surface area contributed by atoms with Crippen LogP contribution in [-0.4, -0.2) is 52.7 Å². The fourth-order valence-electron chi connectivity index (χ4n) is 2.93. The number of alkyl halides is 3. The van der Waals surface area contributed by atoms with Gasteiger partial charge in [0.15, 0.2) is 5.82 Å². The Morgan fingerprint density at radius 3 is 2.78 bits per heavy atom. The van der Waals surface area contributed by atoms with Gasteiger partial charge < -0.3 is 9.64 Å². The number of carbonyl (C=O) groups is 1. The average Bonchev–Trinajstić information content (AvgIpc) is 2.99. The minimum absolute atomic E-state index is 0.0629. The Balaban J connectivity index is 2.02. The van der Waals surface area contributed by atoms with Crippen LogP contribution in [0.3, 0.4) is 0 Å². The lowest BCUT2D eigenvalue weighted by Crippen LogP contribution is -2.51. The molecule has 1 aromatic rings. The van der Waals surface area contributed by atoms with Crippen LogP contribution < -0.4 is 5.32 Å². The molecule has 1 N–H and O–H groups in total. The number of ether oxygens (including phenoxy) is 1. The van der Waals surface area contributed by atoms with Gasteiger partial charge in [0.05, 0.1) is 24.6 Å². The molecule has 1 aliphatic heterocycles. The number of nitrogens with zero attached hydrogens (tertiary/aromatic N) is 3. The molecule has 2 rings (SSSR count). The Labute approximate surface area is 132 Å². The summed E-state index contributed by atoms with van der Waals surface area (Å²) < 4.78 is 45.7. The monoisotopic (exact) mass is 334 g/mol. The summed E-state index contributed by atoms with van der Waals surface area (Å²) >= 11 is 0. The molecule has 1 aliphatic rings. The van der Waals surface area contributed by atoms with Gasteiger partial charge in [-0.1, -0.05) is 0 Å². The van der Waals surface area contributed by atoms with Crippen molar-refractivity contribution in [2.24, 2.45) is 5.92 Å². The zero-order chi connectivity index (χ0) is 17.3. The van der Waals surface area contributed by atoms with E-state index in [4.69, 9.17) is 4.74 Å². The van der Waals surface area contributed by atoms with Crippen molar-refractivity contribution in [1.82, 2.24) is 14.7 Å². The van der Waals surface area contributed by atoms with Crippen LogP contribution in [0.1, 0.15) is 20.3 Å². The molecule has 0 spiro atoms. The highest BCUT2D eigenvalue weighted by molar-refractivity contribution is 5.89. The quantitative estimate of drug-likeness (QED) is 0.921. The first kappa shape index (κ1) is 17.6. The summed E-state index contributed by atoms with van der Waals surface area (Å²) in [7, 11) is 1.57. The standard InChI is InChI=1S/C14H21F3N4O2/c1-13(2)10(14(15,16)17)4-7-21(13)12(22)18-11-5-6-20(19-11)8-9-23-3/h5-6,10H,4,7-9H2,1-3H3,(H,18,19,22)/t10-/m0/s1. The average molecular weight is 334 g/mol. The predicted molar refractivity (Wildman–Crippen MR) is 78.1 cm³/mol. The van der Waals surface area contributed by atoms with E-state index in [-0.39, 0.29) is 13.0 Å². The maximum Gasteiger partial charge on any atom is 0.394 e. The molecule has 1 aromatic heterocycles. The molecule has 0 unspecified atom stereocenters. The second-order valence-corrected chi connectivity index (χ2v) is 6.08. The van der Waals surface area contributed by atoms with Gasteiger partial charge in [0.2, 0.25) is 0 Å². The number of urea groups is 1. The first-order chi connectivity index (χ1) is 10.7. The number of hydrogen-bond acceptors (Lipinski definition) is 3. The van der Waals surface area contributed by atoms with Gasteiger partial charge in [0, 0.05) is 25.9 Å². The van der Waals surface area contributed by atoms with Crippen LogP contribution in [0.15, 0.2) is 12.3 Å². The minimum Gasteiger partial charge on any atom is -0.383 e. The second-order valence-electron chi connectivity index (χ2n) is 6.08. The molecular weight excluding hydrogens is 313 g/mol. The summed E-state index contributed by atoms with van der Waals surface area (Å²) in [6.07, 6.45) is -2.74. The number of halogens is 3. The molecule has 1 fully saturated rings. The molecule has 1 saturated heterocycles. The van der Waals surface area contributed by atoms with Crippen LogP contribution in [0.4, 0.5) is 23.8 Å². The largest absolute Gasteiger partial charge is 0.394 e. The normalized spacial score (nSPS) is 20.8. The number of methoxy groups -OCH3 is 1. The molecule has 0 radical (unpaired) electrons. The van der Waals surface area contributed by atoms with E-state index >= 15 is 0 Å². The highest BCUT2D eigenvalue weighted by atomic mass is 19.4. The molecule has 0 aromatic carbocycles. The minimum atomic E-state index is -4.32. The van der Waals surface area contributed by atoms with Crippen LogP contribution in [0.2, 0.25) is 0 Å². The first-order valence-corrected chi connectivity index (χ1v) is 7.34. The zero-order valence-corrected chi connectivity index (χ0v) is 13.4. The zero-order valence-electron chi connectivity index (χ0n) is 13.4. The number of nitrogens with one attached hydrogen (secondary N) is 1. The fourth-order valence-corrected chi connectivity index (χ4v) is 2.93. The molecule has 0 bridgehead atoms. The van der Waals surface area contributed by atoms with E-state index < -0.39 is 23.7 Å². The fraction of sp³-hybridized carbons (Fsp3) is 0.714. The summed E-state index contributed by atoms with van der Waals surface area (Å²) in [5, 5.41) is 6.69. The molecule has 1 atom stereocenters. The Kier molecular flexibility index (Phi) is 4.88. The molecular formula is C14H21F3N4O2. The molecule has 9 heteroatoms. The molecule has 130 valence electrons. The van der Waals surface area contributed by atoms with Crippen molar-refractivity contribution in [2.45, 2.75) is 38.5 Å². The number of anilines is 1. The van der Waals surface area contributed by atoms with Crippen molar-refractivity contribution in [3.8, 4) is 0 Å². The highest BCUT2D eigenvalue weighted by Crippen LogP contribution is 2.44. The smallest absolute Gasteiger partial charge is 0.383 e. The van der Waals surface area contributed by atoms with Crippen molar-refractivity contribution < 1.29 is 22.7 Å². The van der Waals surface area contributed by atoms with Crippen molar-refractivity contribution in [1.29, 1.82) is 0 Å². The predicted octanol–water partition coefficient (Wildman–Crippen LogP) is 2.72. The lowest BCUT2D eigenvalue weighted by atomic mass is 9.88. The Bertz CT molecular complexity index is 556. The van der Waals surface area contributed by atoms with E-state index in [1.807, 2.05) is 0 Å². The summed E-state index contributed by atoms with van der Waals surface area (Å²) in [5.41, 5.74) is -1.29. The maximum atomic E-state index is 13.1. The van der Waals surface area contributed by atoms with Crippen LogP contribution in [-0.2, 0) is 11.3 Å². The third-order valence-electron chi connectivity index (χ3n) is 4.23. The van der Waals surface area contributed by atoms with E-state index in [1.54, 1.807) is 24.1 Å². The van der Waals surface area contributed by atoms with Crippen molar-refractivity contribution in [3.05, 3.63) is 12.3 Å². The first-order valence-electron chi connectivity index (χ1n) is 7.34. The van der Waals surface area contributed by atoms with E-state index in [2.05, 4.69) is 10.4 Å². The topological polar surface area (TPSA) is 59.4 Å². The lowest BCUT2D eigenvalue weighted by Gasteiger charge is -2.36. The maximum absolute atomic E-state index is 13.1. The molecule has 6 nitrogen and oxygen atoms in total. The lowest BCUT2D eigenvalue weighted by molar-refractivity contribution is -0.189. The Morgan fingerprint density at radius 2 is 2.22 bits per heavy atom. The van der Waals surface area contributed by atoms with Gasteiger partial charge in [-0.05, 0) is 20.3 Å². The summed E-state index contributed by atoms with van der Waals surface area (Å²) in [4.78, 5) is 13.5. The van der Waals surface area contributed by atoms with Gasteiger partial charge in [-0.2, -0.15) is 18.3 Å². The van der Waals surface area contributed by atoms with E-state index in [0.29, 0.717) is 19.0 Å². The number of aromatic nitrogens is 2. The van der Waals surface area contributed by atoms with E-state index in [9.17, 15) is 18.0 Å². The van der Waals surface area contributed by atoms with Crippen molar-refractivity contribution >= 4 is 11.8 Å². The molecule has 0 saturated carbocycles. The number of hydrogen-bond donors (Lipinski definition) is 1. The SMILES string of the molecule is COCCn1ccc(NC(=O)N2CC[C@H](C(F)(F)F)C2(C)C)n1. The van der Waals surface area contributed by atoms with Gasteiger partial charge >= 0.3 is 12.2 Å². The van der Waals surface area contributed by atoms with Crippen LogP contribution >= 0.6 is 0 Å². The molecule has 2 amide bonds. The van der Waals surface area contributed by atoms with Crippen molar-refractivity contribution in [3.63, 3.8) is 0 Å². The van der Waals surface area contributed by atoms with E-state index in [1.165, 1.54) is 18.7 Å². The number of likely N-dealkylation sites (tertiary alicyclic amines) is 1. The van der Waals surface area contributed by atoms with Crippen LogP contribution in [0, 0.1) is 5.92 Å². The molecule has 2 heterocycles. The highest BCUT2D eigenvalue weighted by Gasteiger charge is 2.56. The van der Waals surface area contributed by atoms with Gasteiger partial charge in [0.1, 0.15) is 0 Å². The van der Waals surface area contributed by atoms with E-state index in [0.717, 1.165) is 0 Å². The summed E-state index contributed by atoms with van der Waals surface area (Å²) in [6, 6.07) is 1.02. The van der Waals surface area contributed by atoms with Crippen molar-refractivity contribution in [2.75, 3.05) is 25.6 Å². The number of amides is 2. The Hall–Kier alpha value is -1.77. The molecule has 0 aliphatic carbocycles. The van der Waals surface area contributed by atoms with Gasteiger partial charge in [0.25, 0.3) is 0 Å². The third kappa shape index (κ3) is 3.77. The summed E-state index contributed by atoms with van der Waals surface area (Å²) in [6.45, 7) is 3.94. The Morgan fingerprint density at radius 1 is 1.52 bits per heavy atom. The number of carbonyl (C=O) groups excluding carboxylic acids is 1.